The van der Waals surface area contributed by atoms with Crippen LogP contribution in [-0.2, 0) is 13.1 Å². The summed E-state index contributed by atoms with van der Waals surface area (Å²) in [6.07, 6.45) is 0. The molecular weight excluding hydrogens is 220 g/mol. The van der Waals surface area contributed by atoms with Crippen LogP contribution in [0.15, 0.2) is 48.5 Å². The second-order valence-corrected chi connectivity index (χ2v) is 4.66. The lowest BCUT2D eigenvalue weighted by Crippen LogP contribution is -2.18. The number of hydrogen-bond donors (Lipinski definition) is 1. The zero-order valence-corrected chi connectivity index (χ0v) is 11.1. The molecule has 0 atom stereocenters. The Balaban J connectivity index is 2.15. The summed E-state index contributed by atoms with van der Waals surface area (Å²) in [7, 11) is 2.11. The van der Waals surface area contributed by atoms with Crippen molar-refractivity contribution in [3.63, 3.8) is 0 Å². The van der Waals surface area contributed by atoms with E-state index in [9.17, 15) is 0 Å². The number of nitrogens with two attached hydrogens (primary N) is 1. The lowest BCUT2D eigenvalue weighted by atomic mass is 10.1. The maximum Gasteiger partial charge on any atom is 0.0429 e. The minimum atomic E-state index is 0.595. The van der Waals surface area contributed by atoms with Gasteiger partial charge in [0.1, 0.15) is 0 Å². The van der Waals surface area contributed by atoms with E-state index in [0.717, 1.165) is 6.54 Å². The highest BCUT2D eigenvalue weighted by molar-refractivity contribution is 5.47. The fourth-order valence-corrected chi connectivity index (χ4v) is 2.06. The molecule has 0 spiro atoms. The molecule has 0 radical (unpaired) electrons. The van der Waals surface area contributed by atoms with Gasteiger partial charge in [0.05, 0.1) is 0 Å². The monoisotopic (exact) mass is 240 g/mol. The van der Waals surface area contributed by atoms with Crippen molar-refractivity contribution in [3.8, 4) is 0 Å². The molecule has 0 heterocycles. The Kier molecular flexibility index (Phi) is 4.00. The van der Waals surface area contributed by atoms with Crippen molar-refractivity contribution in [2.45, 2.75) is 20.0 Å². The highest BCUT2D eigenvalue weighted by Gasteiger charge is 2.05. The molecule has 2 rings (SSSR count). The topological polar surface area (TPSA) is 29.3 Å². The SMILES string of the molecule is Cc1ccc(N(C)Cc2ccccc2CN)cc1. The third kappa shape index (κ3) is 2.90. The summed E-state index contributed by atoms with van der Waals surface area (Å²) in [6, 6.07) is 16.9. The largest absolute Gasteiger partial charge is 0.370 e. The van der Waals surface area contributed by atoms with Crippen molar-refractivity contribution in [2.75, 3.05) is 11.9 Å². The Labute approximate surface area is 109 Å². The van der Waals surface area contributed by atoms with E-state index < -0.39 is 0 Å². The molecule has 0 aliphatic carbocycles. The molecule has 0 amide bonds. The van der Waals surface area contributed by atoms with Crippen LogP contribution in [0.4, 0.5) is 5.69 Å². The molecule has 0 saturated carbocycles. The summed E-state index contributed by atoms with van der Waals surface area (Å²) in [6.45, 7) is 3.59. The standard InChI is InChI=1S/C16H20N2/c1-13-7-9-16(10-8-13)18(2)12-15-6-4-3-5-14(15)11-17/h3-10H,11-12,17H2,1-2H3. The Morgan fingerprint density at radius 1 is 0.944 bits per heavy atom. The zero-order chi connectivity index (χ0) is 13.0. The molecule has 2 aromatic carbocycles. The van der Waals surface area contributed by atoms with Gasteiger partial charge in [0.2, 0.25) is 0 Å². The van der Waals surface area contributed by atoms with Crippen LogP contribution in [0.3, 0.4) is 0 Å². The van der Waals surface area contributed by atoms with Crippen LogP contribution < -0.4 is 10.6 Å². The van der Waals surface area contributed by atoms with Crippen LogP contribution in [0, 0.1) is 6.92 Å². The van der Waals surface area contributed by atoms with E-state index in [1.54, 1.807) is 0 Å². The van der Waals surface area contributed by atoms with Gasteiger partial charge in [-0.3, -0.25) is 0 Å². The number of nitrogens with zero attached hydrogens (tertiary/aromatic N) is 1. The highest BCUT2D eigenvalue weighted by Crippen LogP contribution is 2.18. The van der Waals surface area contributed by atoms with Crippen LogP contribution in [0.25, 0.3) is 0 Å². The van der Waals surface area contributed by atoms with Gasteiger partial charge >= 0.3 is 0 Å². The molecule has 2 N–H and O–H groups in total. The van der Waals surface area contributed by atoms with Crippen LogP contribution >= 0.6 is 0 Å². The summed E-state index contributed by atoms with van der Waals surface area (Å²) in [5, 5.41) is 0. The molecule has 2 heteroatoms. The van der Waals surface area contributed by atoms with E-state index in [0.29, 0.717) is 6.54 Å². The van der Waals surface area contributed by atoms with E-state index in [1.807, 2.05) is 6.07 Å². The molecule has 94 valence electrons. The zero-order valence-electron chi connectivity index (χ0n) is 11.1. The molecule has 0 aliphatic rings. The second kappa shape index (κ2) is 5.69. The first-order valence-electron chi connectivity index (χ1n) is 6.25. The highest BCUT2D eigenvalue weighted by atomic mass is 15.1. The van der Waals surface area contributed by atoms with Gasteiger partial charge in [0.25, 0.3) is 0 Å². The lowest BCUT2D eigenvalue weighted by molar-refractivity contribution is 0.895. The van der Waals surface area contributed by atoms with Gasteiger partial charge in [0, 0.05) is 25.8 Å². The Morgan fingerprint density at radius 3 is 2.17 bits per heavy atom. The van der Waals surface area contributed by atoms with Gasteiger partial charge in [-0.25, -0.2) is 0 Å². The first-order chi connectivity index (χ1) is 8.70. The molecule has 2 aromatic rings. The molecule has 0 aliphatic heterocycles. The smallest absolute Gasteiger partial charge is 0.0429 e. The number of benzene rings is 2. The minimum absolute atomic E-state index is 0.595. The van der Waals surface area contributed by atoms with E-state index >= 15 is 0 Å². The third-order valence-corrected chi connectivity index (χ3v) is 3.22. The molecule has 2 nitrogen and oxygen atoms in total. The predicted molar refractivity (Wildman–Crippen MR) is 77.6 cm³/mol. The van der Waals surface area contributed by atoms with Gasteiger partial charge in [-0.2, -0.15) is 0 Å². The van der Waals surface area contributed by atoms with Crippen molar-refractivity contribution in [1.82, 2.24) is 0 Å². The summed E-state index contributed by atoms with van der Waals surface area (Å²) in [5.74, 6) is 0. The molecule has 0 fully saturated rings. The second-order valence-electron chi connectivity index (χ2n) is 4.66. The van der Waals surface area contributed by atoms with E-state index in [4.69, 9.17) is 5.73 Å². The lowest BCUT2D eigenvalue weighted by Gasteiger charge is -2.21. The Bertz CT molecular complexity index is 503. The molecular formula is C16H20N2. The van der Waals surface area contributed by atoms with E-state index in [1.165, 1.54) is 22.4 Å². The molecule has 0 unspecified atom stereocenters. The summed E-state index contributed by atoms with van der Waals surface area (Å²) < 4.78 is 0. The van der Waals surface area contributed by atoms with Crippen molar-refractivity contribution < 1.29 is 0 Å². The Hall–Kier alpha value is -1.80. The molecule has 0 aromatic heterocycles. The first-order valence-corrected chi connectivity index (χ1v) is 6.25. The van der Waals surface area contributed by atoms with Crippen LogP contribution in [0.5, 0.6) is 0 Å². The van der Waals surface area contributed by atoms with Crippen LogP contribution in [-0.4, -0.2) is 7.05 Å². The van der Waals surface area contributed by atoms with Gasteiger partial charge < -0.3 is 10.6 Å². The number of rotatable bonds is 4. The first kappa shape index (κ1) is 12.7. The van der Waals surface area contributed by atoms with Crippen molar-refractivity contribution in [2.24, 2.45) is 5.73 Å². The number of aryl methyl sites for hydroxylation is 1. The fraction of sp³-hybridized carbons (Fsp3) is 0.250. The predicted octanol–water partition coefficient (Wildman–Crippen LogP) is 3.09. The number of anilines is 1. The van der Waals surface area contributed by atoms with Crippen molar-refractivity contribution in [1.29, 1.82) is 0 Å². The molecule has 18 heavy (non-hydrogen) atoms. The summed E-state index contributed by atoms with van der Waals surface area (Å²) in [5.41, 5.74) is 10.8. The van der Waals surface area contributed by atoms with Crippen molar-refractivity contribution in [3.05, 3.63) is 65.2 Å². The van der Waals surface area contributed by atoms with Gasteiger partial charge in [-0.1, -0.05) is 42.0 Å². The van der Waals surface area contributed by atoms with E-state index in [-0.39, 0.29) is 0 Å². The Morgan fingerprint density at radius 2 is 1.56 bits per heavy atom. The van der Waals surface area contributed by atoms with Gasteiger partial charge in [-0.05, 0) is 30.2 Å². The summed E-state index contributed by atoms with van der Waals surface area (Å²) >= 11 is 0. The van der Waals surface area contributed by atoms with Crippen LogP contribution in [0.2, 0.25) is 0 Å². The minimum Gasteiger partial charge on any atom is -0.370 e. The third-order valence-electron chi connectivity index (χ3n) is 3.22. The fourth-order valence-electron chi connectivity index (χ4n) is 2.06. The quantitative estimate of drug-likeness (QED) is 0.889. The molecule has 0 bridgehead atoms. The normalized spacial score (nSPS) is 10.4. The van der Waals surface area contributed by atoms with Crippen LogP contribution in [0.1, 0.15) is 16.7 Å². The molecule has 0 saturated heterocycles. The van der Waals surface area contributed by atoms with Crippen molar-refractivity contribution >= 4 is 5.69 Å². The average molecular weight is 240 g/mol. The maximum absolute atomic E-state index is 5.77. The van der Waals surface area contributed by atoms with Gasteiger partial charge in [0.15, 0.2) is 0 Å². The average Bonchev–Trinajstić information content (AvgIpc) is 2.40. The van der Waals surface area contributed by atoms with E-state index in [2.05, 4.69) is 61.3 Å². The number of hydrogen-bond acceptors (Lipinski definition) is 2. The summed E-state index contributed by atoms with van der Waals surface area (Å²) in [4.78, 5) is 2.24. The van der Waals surface area contributed by atoms with Gasteiger partial charge in [-0.15, -0.1) is 0 Å². The maximum atomic E-state index is 5.77.